The summed E-state index contributed by atoms with van der Waals surface area (Å²) in [6, 6.07) is 0. The van der Waals surface area contributed by atoms with Gasteiger partial charge in [0, 0.05) is 45.1 Å². The van der Waals surface area contributed by atoms with Gasteiger partial charge >= 0.3 is 0 Å². The Bertz CT molecular complexity index is 627. The zero-order valence-electron chi connectivity index (χ0n) is 15.6. The average molecular weight is 381 g/mol. The Labute approximate surface area is 158 Å². The number of rotatable bonds is 6. The number of carbonyl (C=O) groups excluding carboxylic acids is 2. The van der Waals surface area contributed by atoms with Gasteiger partial charge in [-0.25, -0.2) is 0 Å². The fraction of sp³-hybridized carbons (Fsp3) is 0.765. The van der Waals surface area contributed by atoms with Crippen molar-refractivity contribution in [1.29, 1.82) is 0 Å². The number of aromatic nitrogens is 2. The molecule has 144 valence electrons. The minimum Gasteiger partial charge on any atom is -0.355 e. The molecule has 2 aliphatic heterocycles. The third kappa shape index (κ3) is 4.70. The van der Waals surface area contributed by atoms with E-state index in [1.165, 1.54) is 11.3 Å². The first-order valence-electron chi connectivity index (χ1n) is 9.36. The van der Waals surface area contributed by atoms with Crippen molar-refractivity contribution >= 4 is 33.4 Å². The van der Waals surface area contributed by atoms with E-state index in [0.29, 0.717) is 18.1 Å². The van der Waals surface area contributed by atoms with Crippen molar-refractivity contribution in [3.63, 3.8) is 0 Å². The Morgan fingerprint density at radius 3 is 2.62 bits per heavy atom. The zero-order valence-corrected chi connectivity index (χ0v) is 16.4. The van der Waals surface area contributed by atoms with Crippen molar-refractivity contribution in [3.05, 3.63) is 0 Å². The number of likely N-dealkylation sites (N-methyl/N-ethyl adjacent to an activating group) is 1. The second kappa shape index (κ2) is 8.77. The summed E-state index contributed by atoms with van der Waals surface area (Å²) in [5.41, 5.74) is 0. The molecule has 2 fully saturated rings. The van der Waals surface area contributed by atoms with Crippen LogP contribution in [0.3, 0.4) is 0 Å². The number of hydrogen-bond acceptors (Lipinski definition) is 7. The quantitative estimate of drug-likeness (QED) is 0.791. The highest BCUT2D eigenvalue weighted by molar-refractivity contribution is 7.19. The van der Waals surface area contributed by atoms with Gasteiger partial charge in [0.15, 0.2) is 0 Å². The molecule has 1 aromatic rings. The summed E-state index contributed by atoms with van der Waals surface area (Å²) in [6.45, 7) is 3.88. The number of nitrogens with one attached hydrogen (secondary N) is 1. The molecule has 0 aromatic carbocycles. The molecule has 1 aromatic heterocycles. The Balaban J connectivity index is 1.49. The van der Waals surface area contributed by atoms with Crippen LogP contribution in [0.4, 0.5) is 10.3 Å². The third-order valence-electron chi connectivity index (χ3n) is 4.95. The molecule has 3 heterocycles. The van der Waals surface area contributed by atoms with E-state index < -0.39 is 0 Å². The summed E-state index contributed by atoms with van der Waals surface area (Å²) in [4.78, 5) is 30.3. The summed E-state index contributed by atoms with van der Waals surface area (Å²) < 4.78 is 0. The van der Waals surface area contributed by atoms with Gasteiger partial charge in [0.1, 0.15) is 0 Å². The molecular formula is C17H28N6O2S. The molecule has 0 radical (unpaired) electrons. The topological polar surface area (TPSA) is 81.7 Å². The minimum absolute atomic E-state index is 0.0736. The van der Waals surface area contributed by atoms with E-state index in [1.807, 2.05) is 14.1 Å². The monoisotopic (exact) mass is 380 g/mol. The summed E-state index contributed by atoms with van der Waals surface area (Å²) in [6.07, 6.45) is 4.24. The van der Waals surface area contributed by atoms with Gasteiger partial charge in [0.05, 0.1) is 0 Å². The second-order valence-corrected chi connectivity index (χ2v) is 8.16. The molecule has 3 rings (SSSR count). The number of piperidine rings is 2. The first-order chi connectivity index (χ1) is 12.5. The SMILES string of the molecule is CN(C)CCNC(=O)C1CCN(c2nnc(N3CCCCC3=O)s2)CC1. The largest absolute Gasteiger partial charge is 0.355 e. The van der Waals surface area contributed by atoms with Gasteiger partial charge in [-0.2, -0.15) is 0 Å². The average Bonchev–Trinajstić information content (AvgIpc) is 3.11. The van der Waals surface area contributed by atoms with Gasteiger partial charge < -0.3 is 15.1 Å². The van der Waals surface area contributed by atoms with Crippen LogP contribution in [-0.4, -0.2) is 73.7 Å². The lowest BCUT2D eigenvalue weighted by Crippen LogP contribution is -2.42. The summed E-state index contributed by atoms with van der Waals surface area (Å²) in [5, 5.41) is 13.1. The molecule has 0 aliphatic carbocycles. The molecule has 2 saturated heterocycles. The lowest BCUT2D eigenvalue weighted by atomic mass is 9.96. The van der Waals surface area contributed by atoms with Crippen LogP contribution in [0.5, 0.6) is 0 Å². The number of nitrogens with zero attached hydrogens (tertiary/aromatic N) is 5. The van der Waals surface area contributed by atoms with Crippen LogP contribution in [0.2, 0.25) is 0 Å². The number of carbonyl (C=O) groups is 2. The molecule has 0 bridgehead atoms. The van der Waals surface area contributed by atoms with Crippen LogP contribution in [0.25, 0.3) is 0 Å². The van der Waals surface area contributed by atoms with E-state index >= 15 is 0 Å². The van der Waals surface area contributed by atoms with Crippen molar-refractivity contribution < 1.29 is 9.59 Å². The smallest absolute Gasteiger partial charge is 0.228 e. The van der Waals surface area contributed by atoms with Crippen LogP contribution in [0, 0.1) is 5.92 Å². The number of hydrogen-bond donors (Lipinski definition) is 1. The van der Waals surface area contributed by atoms with Gasteiger partial charge in [-0.15, -0.1) is 10.2 Å². The fourth-order valence-corrected chi connectivity index (χ4v) is 4.27. The Kier molecular flexibility index (Phi) is 6.42. The molecule has 2 aliphatic rings. The van der Waals surface area contributed by atoms with Crippen LogP contribution in [-0.2, 0) is 9.59 Å². The highest BCUT2D eigenvalue weighted by Crippen LogP contribution is 2.31. The minimum atomic E-state index is 0.0736. The van der Waals surface area contributed by atoms with Crippen molar-refractivity contribution in [2.45, 2.75) is 32.1 Å². The van der Waals surface area contributed by atoms with Crippen molar-refractivity contribution in [2.75, 3.05) is 56.6 Å². The Morgan fingerprint density at radius 1 is 1.19 bits per heavy atom. The lowest BCUT2D eigenvalue weighted by molar-refractivity contribution is -0.125. The van der Waals surface area contributed by atoms with Crippen LogP contribution in [0.15, 0.2) is 0 Å². The molecule has 0 spiro atoms. The van der Waals surface area contributed by atoms with Gasteiger partial charge in [-0.3, -0.25) is 14.5 Å². The van der Waals surface area contributed by atoms with E-state index in [2.05, 4.69) is 25.3 Å². The van der Waals surface area contributed by atoms with E-state index in [4.69, 9.17) is 0 Å². The first kappa shape index (κ1) is 19.0. The number of anilines is 2. The third-order valence-corrected chi connectivity index (χ3v) is 5.96. The lowest BCUT2D eigenvalue weighted by Gasteiger charge is -2.30. The predicted octanol–water partition coefficient (Wildman–Crippen LogP) is 0.949. The van der Waals surface area contributed by atoms with Crippen LogP contribution in [0.1, 0.15) is 32.1 Å². The standard InChI is InChI=1S/C17H28N6O2S/c1-21(2)12-8-18-15(25)13-6-10-22(11-7-13)16-19-20-17(26-16)23-9-4-3-5-14(23)24/h13H,3-12H2,1-2H3,(H,18,25). The molecule has 2 amide bonds. The fourth-order valence-electron chi connectivity index (χ4n) is 3.33. The maximum atomic E-state index is 12.3. The molecule has 0 unspecified atom stereocenters. The van der Waals surface area contributed by atoms with Gasteiger partial charge in [-0.05, 0) is 39.8 Å². The summed E-state index contributed by atoms with van der Waals surface area (Å²) in [5.74, 6) is 0.375. The summed E-state index contributed by atoms with van der Waals surface area (Å²) in [7, 11) is 4.00. The highest BCUT2D eigenvalue weighted by Gasteiger charge is 2.28. The van der Waals surface area contributed by atoms with Gasteiger partial charge in [0.25, 0.3) is 0 Å². The van der Waals surface area contributed by atoms with Gasteiger partial charge in [0.2, 0.25) is 22.1 Å². The predicted molar refractivity (Wildman–Crippen MR) is 103 cm³/mol. The number of amides is 2. The van der Waals surface area contributed by atoms with E-state index in [0.717, 1.165) is 57.0 Å². The molecule has 0 atom stereocenters. The van der Waals surface area contributed by atoms with E-state index in [-0.39, 0.29) is 17.7 Å². The molecule has 1 N–H and O–H groups in total. The van der Waals surface area contributed by atoms with E-state index in [1.54, 1.807) is 4.90 Å². The van der Waals surface area contributed by atoms with Crippen LogP contribution >= 0.6 is 11.3 Å². The maximum absolute atomic E-state index is 12.3. The van der Waals surface area contributed by atoms with Crippen molar-refractivity contribution in [3.8, 4) is 0 Å². The Hall–Kier alpha value is -1.74. The molecule has 8 nitrogen and oxygen atoms in total. The van der Waals surface area contributed by atoms with Crippen molar-refractivity contribution in [1.82, 2.24) is 20.4 Å². The Morgan fingerprint density at radius 2 is 1.92 bits per heavy atom. The highest BCUT2D eigenvalue weighted by atomic mass is 32.1. The van der Waals surface area contributed by atoms with E-state index in [9.17, 15) is 9.59 Å². The molecule has 9 heteroatoms. The molecule has 0 saturated carbocycles. The zero-order chi connectivity index (χ0) is 18.5. The molecule has 26 heavy (non-hydrogen) atoms. The van der Waals surface area contributed by atoms with Crippen molar-refractivity contribution in [2.24, 2.45) is 5.92 Å². The first-order valence-corrected chi connectivity index (χ1v) is 10.2. The second-order valence-electron chi connectivity index (χ2n) is 7.23. The molecular weight excluding hydrogens is 352 g/mol. The maximum Gasteiger partial charge on any atom is 0.228 e. The van der Waals surface area contributed by atoms with Crippen LogP contribution < -0.4 is 15.1 Å². The normalized spacial score (nSPS) is 19.3. The summed E-state index contributed by atoms with van der Waals surface area (Å²) >= 11 is 1.48. The van der Waals surface area contributed by atoms with Gasteiger partial charge in [-0.1, -0.05) is 11.3 Å².